The lowest BCUT2D eigenvalue weighted by Gasteiger charge is -2.28. The highest BCUT2D eigenvalue weighted by atomic mass is 127. The summed E-state index contributed by atoms with van der Waals surface area (Å²) in [5.74, 6) is 0.0282. The minimum Gasteiger partial charge on any atom is -0.393 e. The molecule has 0 aromatic heterocycles. The summed E-state index contributed by atoms with van der Waals surface area (Å²) in [4.78, 5) is 13.7. The fourth-order valence-corrected chi connectivity index (χ4v) is 2.29. The number of aliphatic hydroxyl groups is 1. The Bertz CT molecular complexity index is 434. The Hall–Kier alpha value is -0.880. The van der Waals surface area contributed by atoms with Gasteiger partial charge in [-0.25, -0.2) is 0 Å². The number of hydrogen-bond acceptors (Lipinski definition) is 2. The number of piperidine rings is 1. The molecule has 3 nitrogen and oxygen atoms in total. The summed E-state index contributed by atoms with van der Waals surface area (Å²) in [6.07, 6.45) is 4.57. The van der Waals surface area contributed by atoms with Gasteiger partial charge in [-0.2, -0.15) is 0 Å². The number of aliphatic hydroxyl groups excluding tert-OH is 1. The summed E-state index contributed by atoms with van der Waals surface area (Å²) in [6, 6.07) is 8.01. The van der Waals surface area contributed by atoms with Gasteiger partial charge >= 0.3 is 0 Å². The largest absolute Gasteiger partial charge is 0.393 e. The third kappa shape index (κ3) is 3.81. The molecular formula is C14H16INO2. The molecule has 0 aliphatic carbocycles. The molecule has 18 heavy (non-hydrogen) atoms. The van der Waals surface area contributed by atoms with Crippen molar-refractivity contribution in [2.24, 2.45) is 0 Å². The van der Waals surface area contributed by atoms with Crippen LogP contribution in [0.25, 0.3) is 6.08 Å². The lowest BCUT2D eigenvalue weighted by Crippen LogP contribution is -2.39. The molecule has 4 heteroatoms. The van der Waals surface area contributed by atoms with Crippen molar-refractivity contribution in [1.29, 1.82) is 0 Å². The zero-order valence-corrected chi connectivity index (χ0v) is 12.2. The molecule has 1 heterocycles. The molecule has 0 atom stereocenters. The van der Waals surface area contributed by atoms with E-state index >= 15 is 0 Å². The molecule has 0 unspecified atom stereocenters. The highest BCUT2D eigenvalue weighted by Crippen LogP contribution is 2.12. The van der Waals surface area contributed by atoms with E-state index in [4.69, 9.17) is 0 Å². The number of nitrogens with zero attached hydrogens (tertiary/aromatic N) is 1. The number of halogens is 1. The van der Waals surface area contributed by atoms with Crippen LogP contribution in [0.1, 0.15) is 18.4 Å². The van der Waals surface area contributed by atoms with Crippen molar-refractivity contribution in [3.8, 4) is 0 Å². The van der Waals surface area contributed by atoms with E-state index in [1.165, 1.54) is 3.57 Å². The van der Waals surface area contributed by atoms with Crippen molar-refractivity contribution >= 4 is 34.6 Å². The van der Waals surface area contributed by atoms with Gasteiger partial charge < -0.3 is 10.0 Å². The summed E-state index contributed by atoms with van der Waals surface area (Å²) in [5, 5.41) is 9.39. The number of benzene rings is 1. The van der Waals surface area contributed by atoms with E-state index in [0.29, 0.717) is 25.9 Å². The summed E-state index contributed by atoms with van der Waals surface area (Å²) in [5.41, 5.74) is 1.03. The second-order valence-corrected chi connectivity index (χ2v) is 5.69. The highest BCUT2D eigenvalue weighted by molar-refractivity contribution is 14.1. The summed E-state index contributed by atoms with van der Waals surface area (Å²) in [7, 11) is 0. The summed E-state index contributed by atoms with van der Waals surface area (Å²) >= 11 is 2.25. The van der Waals surface area contributed by atoms with Crippen LogP contribution in [0.4, 0.5) is 0 Å². The van der Waals surface area contributed by atoms with Crippen molar-refractivity contribution in [1.82, 2.24) is 4.90 Å². The molecule has 1 fully saturated rings. The smallest absolute Gasteiger partial charge is 0.246 e. The molecule has 1 aromatic rings. The maximum atomic E-state index is 11.9. The van der Waals surface area contributed by atoms with Crippen molar-refractivity contribution in [2.45, 2.75) is 18.9 Å². The maximum Gasteiger partial charge on any atom is 0.246 e. The second kappa shape index (κ2) is 6.33. The van der Waals surface area contributed by atoms with Crippen LogP contribution in [0.5, 0.6) is 0 Å². The molecule has 1 N–H and O–H groups in total. The third-order valence-electron chi connectivity index (χ3n) is 3.06. The van der Waals surface area contributed by atoms with Gasteiger partial charge in [-0.15, -0.1) is 0 Å². The van der Waals surface area contributed by atoms with Crippen molar-refractivity contribution in [2.75, 3.05) is 13.1 Å². The fraction of sp³-hybridized carbons (Fsp3) is 0.357. The molecule has 0 saturated carbocycles. The standard InChI is InChI=1S/C14H16INO2/c15-12-4-1-11(2-5-12)3-6-14(18)16-9-7-13(17)8-10-16/h1-6,13,17H,7-10H2. The van der Waals surface area contributed by atoms with Gasteiger partial charge in [0.05, 0.1) is 6.10 Å². The Morgan fingerprint density at radius 2 is 1.89 bits per heavy atom. The van der Waals surface area contributed by atoms with Crippen LogP contribution in [0.2, 0.25) is 0 Å². The molecule has 1 amide bonds. The van der Waals surface area contributed by atoms with Gasteiger partial charge in [0.25, 0.3) is 0 Å². The predicted octanol–water partition coefficient (Wildman–Crippen LogP) is 2.29. The molecule has 96 valence electrons. The Kier molecular flexibility index (Phi) is 4.77. The van der Waals surface area contributed by atoms with E-state index in [-0.39, 0.29) is 12.0 Å². The lowest BCUT2D eigenvalue weighted by atomic mass is 10.1. The van der Waals surface area contributed by atoms with E-state index in [1.54, 1.807) is 11.0 Å². The quantitative estimate of drug-likeness (QED) is 0.652. The Morgan fingerprint density at radius 3 is 2.50 bits per heavy atom. The monoisotopic (exact) mass is 357 g/mol. The topological polar surface area (TPSA) is 40.5 Å². The molecule has 0 spiro atoms. The first kappa shape index (κ1) is 13.5. The van der Waals surface area contributed by atoms with Crippen LogP contribution >= 0.6 is 22.6 Å². The number of carbonyl (C=O) groups is 1. The summed E-state index contributed by atoms with van der Waals surface area (Å²) in [6.45, 7) is 1.30. The number of hydrogen-bond donors (Lipinski definition) is 1. The predicted molar refractivity (Wildman–Crippen MR) is 80.0 cm³/mol. The molecule has 1 aliphatic heterocycles. The van der Waals surface area contributed by atoms with Crippen LogP contribution in [0.15, 0.2) is 30.3 Å². The fourth-order valence-electron chi connectivity index (χ4n) is 1.93. The van der Waals surface area contributed by atoms with E-state index in [0.717, 1.165) is 5.56 Å². The first-order chi connectivity index (χ1) is 8.65. The van der Waals surface area contributed by atoms with Crippen molar-refractivity contribution in [3.63, 3.8) is 0 Å². The first-order valence-electron chi connectivity index (χ1n) is 6.06. The Labute approximate surface area is 121 Å². The molecular weight excluding hydrogens is 341 g/mol. The molecule has 2 rings (SSSR count). The number of rotatable bonds is 2. The molecule has 0 bridgehead atoms. The Morgan fingerprint density at radius 1 is 1.28 bits per heavy atom. The molecule has 1 saturated heterocycles. The Balaban J connectivity index is 1.92. The second-order valence-electron chi connectivity index (χ2n) is 4.44. The summed E-state index contributed by atoms with van der Waals surface area (Å²) < 4.78 is 1.18. The van der Waals surface area contributed by atoms with Crippen LogP contribution < -0.4 is 0 Å². The normalized spacial score (nSPS) is 17.3. The van der Waals surface area contributed by atoms with Gasteiger partial charge in [-0.05, 0) is 59.2 Å². The van der Waals surface area contributed by atoms with Crippen LogP contribution in [-0.4, -0.2) is 35.1 Å². The van der Waals surface area contributed by atoms with Crippen LogP contribution in [0.3, 0.4) is 0 Å². The number of likely N-dealkylation sites (tertiary alicyclic amines) is 1. The van der Waals surface area contributed by atoms with E-state index in [9.17, 15) is 9.90 Å². The molecule has 1 aliphatic rings. The van der Waals surface area contributed by atoms with Gasteiger partial charge in [0.15, 0.2) is 0 Å². The minimum absolute atomic E-state index is 0.0282. The SMILES string of the molecule is O=C(C=Cc1ccc(I)cc1)N1CCC(O)CC1. The highest BCUT2D eigenvalue weighted by Gasteiger charge is 2.19. The maximum absolute atomic E-state index is 11.9. The van der Waals surface area contributed by atoms with Crippen LogP contribution in [-0.2, 0) is 4.79 Å². The van der Waals surface area contributed by atoms with Crippen molar-refractivity contribution in [3.05, 3.63) is 39.5 Å². The lowest BCUT2D eigenvalue weighted by molar-refractivity contribution is -0.127. The van der Waals surface area contributed by atoms with E-state index in [1.807, 2.05) is 30.3 Å². The zero-order chi connectivity index (χ0) is 13.0. The number of amides is 1. The molecule has 0 radical (unpaired) electrons. The average Bonchev–Trinajstić information content (AvgIpc) is 2.38. The van der Waals surface area contributed by atoms with Crippen molar-refractivity contribution < 1.29 is 9.90 Å². The minimum atomic E-state index is -0.241. The van der Waals surface area contributed by atoms with Gasteiger partial charge in [0.2, 0.25) is 5.91 Å². The number of carbonyl (C=O) groups excluding carboxylic acids is 1. The van der Waals surface area contributed by atoms with Gasteiger partial charge in [-0.1, -0.05) is 12.1 Å². The van der Waals surface area contributed by atoms with Gasteiger partial charge in [0.1, 0.15) is 0 Å². The van der Waals surface area contributed by atoms with E-state index in [2.05, 4.69) is 22.6 Å². The third-order valence-corrected chi connectivity index (χ3v) is 3.78. The zero-order valence-electron chi connectivity index (χ0n) is 10.1. The average molecular weight is 357 g/mol. The van der Waals surface area contributed by atoms with E-state index < -0.39 is 0 Å². The van der Waals surface area contributed by atoms with Crippen LogP contribution in [0, 0.1) is 3.57 Å². The molecule has 1 aromatic carbocycles. The van der Waals surface area contributed by atoms with Gasteiger partial charge in [0, 0.05) is 22.7 Å². The van der Waals surface area contributed by atoms with Gasteiger partial charge in [-0.3, -0.25) is 4.79 Å². The first-order valence-corrected chi connectivity index (χ1v) is 7.13.